The van der Waals surface area contributed by atoms with Crippen molar-refractivity contribution in [3.63, 3.8) is 0 Å². The van der Waals surface area contributed by atoms with E-state index in [9.17, 15) is 14.3 Å². The van der Waals surface area contributed by atoms with Crippen molar-refractivity contribution in [2.75, 3.05) is 6.16 Å². The highest BCUT2D eigenvalue weighted by molar-refractivity contribution is 7.66. The summed E-state index contributed by atoms with van der Waals surface area (Å²) < 4.78 is 17.2. The van der Waals surface area contributed by atoms with Gasteiger partial charge in [0.1, 0.15) is 5.75 Å². The third-order valence-electron chi connectivity index (χ3n) is 2.75. The number of rotatable bonds is 5. The number of benzene rings is 2. The van der Waals surface area contributed by atoms with E-state index in [1.165, 1.54) is 0 Å². The average Bonchev–Trinajstić information content (AvgIpc) is 2.47. The lowest BCUT2D eigenvalue weighted by atomic mass is 10.3. The number of esters is 1. The zero-order valence-electron chi connectivity index (χ0n) is 10.8. The Morgan fingerprint density at radius 2 is 1.55 bits per heavy atom. The molecule has 0 bridgehead atoms. The molecule has 0 fully saturated rings. The average molecular weight is 290 g/mol. The SMILES string of the molecule is O=C(CCP(=O)(O)c1ccccc1)Oc1ccccc1. The number of ether oxygens (including phenoxy) is 1. The molecule has 0 amide bonds. The van der Waals surface area contributed by atoms with Crippen molar-refractivity contribution in [3.05, 3.63) is 60.7 Å². The highest BCUT2D eigenvalue weighted by Gasteiger charge is 2.22. The molecule has 0 aliphatic heterocycles. The maximum Gasteiger partial charge on any atom is 0.311 e. The summed E-state index contributed by atoms with van der Waals surface area (Å²) in [4.78, 5) is 21.6. The van der Waals surface area contributed by atoms with Crippen LogP contribution in [0.15, 0.2) is 60.7 Å². The molecule has 0 aromatic heterocycles. The van der Waals surface area contributed by atoms with Crippen molar-refractivity contribution < 1.29 is 19.0 Å². The summed E-state index contributed by atoms with van der Waals surface area (Å²) in [5.41, 5.74) is 0. The van der Waals surface area contributed by atoms with Crippen molar-refractivity contribution in [2.45, 2.75) is 6.42 Å². The second-order valence-electron chi connectivity index (χ2n) is 4.30. The molecule has 1 unspecified atom stereocenters. The van der Waals surface area contributed by atoms with Gasteiger partial charge in [-0.1, -0.05) is 36.4 Å². The van der Waals surface area contributed by atoms with Gasteiger partial charge in [0, 0.05) is 11.5 Å². The van der Waals surface area contributed by atoms with E-state index in [4.69, 9.17) is 4.74 Å². The molecule has 20 heavy (non-hydrogen) atoms. The Morgan fingerprint density at radius 1 is 1.00 bits per heavy atom. The van der Waals surface area contributed by atoms with Crippen molar-refractivity contribution in [3.8, 4) is 5.75 Å². The number of hydrogen-bond acceptors (Lipinski definition) is 3. The summed E-state index contributed by atoms with van der Waals surface area (Å²) in [7, 11) is -3.50. The van der Waals surface area contributed by atoms with Gasteiger partial charge >= 0.3 is 5.97 Å². The molecule has 104 valence electrons. The monoisotopic (exact) mass is 290 g/mol. The lowest BCUT2D eigenvalue weighted by molar-refractivity contribution is -0.133. The van der Waals surface area contributed by atoms with Crippen molar-refractivity contribution in [1.82, 2.24) is 0 Å². The molecule has 2 aromatic carbocycles. The molecule has 4 nitrogen and oxygen atoms in total. The van der Waals surface area contributed by atoms with Crippen LogP contribution in [0.1, 0.15) is 6.42 Å². The van der Waals surface area contributed by atoms with Crippen LogP contribution in [0, 0.1) is 0 Å². The van der Waals surface area contributed by atoms with Gasteiger partial charge in [-0.2, -0.15) is 0 Å². The zero-order valence-corrected chi connectivity index (χ0v) is 11.7. The van der Waals surface area contributed by atoms with E-state index in [1.807, 2.05) is 6.07 Å². The van der Waals surface area contributed by atoms with E-state index < -0.39 is 13.3 Å². The van der Waals surface area contributed by atoms with Gasteiger partial charge in [-0.25, -0.2) is 0 Å². The lowest BCUT2D eigenvalue weighted by Crippen LogP contribution is -2.13. The number of para-hydroxylation sites is 1. The van der Waals surface area contributed by atoms with Crippen LogP contribution in [0.25, 0.3) is 0 Å². The molecule has 0 spiro atoms. The lowest BCUT2D eigenvalue weighted by Gasteiger charge is -2.11. The summed E-state index contributed by atoms with van der Waals surface area (Å²) in [5.74, 6) is -0.0774. The van der Waals surface area contributed by atoms with E-state index in [0.29, 0.717) is 11.1 Å². The van der Waals surface area contributed by atoms with Gasteiger partial charge in [0.15, 0.2) is 0 Å². The minimum atomic E-state index is -3.50. The summed E-state index contributed by atoms with van der Waals surface area (Å²) in [6.45, 7) is 0. The van der Waals surface area contributed by atoms with E-state index in [2.05, 4.69) is 0 Å². The normalized spacial score (nSPS) is 13.4. The van der Waals surface area contributed by atoms with E-state index in [0.717, 1.165) is 0 Å². The fraction of sp³-hybridized carbons (Fsp3) is 0.133. The Balaban J connectivity index is 1.92. The summed E-state index contributed by atoms with van der Waals surface area (Å²) in [5, 5.41) is 0.354. The van der Waals surface area contributed by atoms with E-state index in [1.54, 1.807) is 54.6 Å². The van der Waals surface area contributed by atoms with E-state index in [-0.39, 0.29) is 12.6 Å². The molecule has 2 aromatic rings. The highest BCUT2D eigenvalue weighted by Crippen LogP contribution is 2.39. The quantitative estimate of drug-likeness (QED) is 0.522. The summed E-state index contributed by atoms with van der Waals surface area (Å²) >= 11 is 0. The first-order valence-electron chi connectivity index (χ1n) is 6.21. The minimum absolute atomic E-state index is 0.0996. The molecule has 0 radical (unpaired) electrons. The minimum Gasteiger partial charge on any atom is -0.427 e. The van der Waals surface area contributed by atoms with Gasteiger partial charge in [-0.15, -0.1) is 0 Å². The molecule has 0 saturated heterocycles. The van der Waals surface area contributed by atoms with Gasteiger partial charge in [0.25, 0.3) is 0 Å². The maximum absolute atomic E-state index is 12.1. The topological polar surface area (TPSA) is 63.6 Å². The van der Waals surface area contributed by atoms with Crippen molar-refractivity contribution in [1.29, 1.82) is 0 Å². The van der Waals surface area contributed by atoms with Crippen LogP contribution >= 0.6 is 7.37 Å². The van der Waals surface area contributed by atoms with Crippen LogP contribution in [0.5, 0.6) is 5.75 Å². The Hall–Kier alpha value is -1.90. The van der Waals surface area contributed by atoms with Gasteiger partial charge in [-0.05, 0) is 24.3 Å². The molecule has 1 N–H and O–H groups in total. The molecular formula is C15H15O4P. The maximum atomic E-state index is 12.1. The fourth-order valence-electron chi connectivity index (χ4n) is 1.70. The fourth-order valence-corrected chi connectivity index (χ4v) is 3.09. The summed E-state index contributed by atoms with van der Waals surface area (Å²) in [6, 6.07) is 17.0. The smallest absolute Gasteiger partial charge is 0.311 e. The number of carbonyl (C=O) groups excluding carboxylic acids is 1. The Bertz CT molecular complexity index is 610. The third kappa shape index (κ3) is 4.05. The van der Waals surface area contributed by atoms with Gasteiger partial charge in [0.05, 0.1) is 6.42 Å². The molecule has 0 heterocycles. The van der Waals surface area contributed by atoms with Crippen LogP contribution < -0.4 is 10.0 Å². The second-order valence-corrected chi connectivity index (χ2v) is 6.66. The third-order valence-corrected chi connectivity index (χ3v) is 4.69. The molecule has 0 aliphatic rings. The van der Waals surface area contributed by atoms with Crippen LogP contribution in [0.3, 0.4) is 0 Å². The van der Waals surface area contributed by atoms with E-state index >= 15 is 0 Å². The largest absolute Gasteiger partial charge is 0.427 e. The van der Waals surface area contributed by atoms with Crippen LogP contribution in [0.4, 0.5) is 0 Å². The van der Waals surface area contributed by atoms with Crippen molar-refractivity contribution >= 4 is 18.6 Å². The predicted octanol–water partition coefficient (Wildman–Crippen LogP) is 2.58. The predicted molar refractivity (Wildman–Crippen MR) is 77.5 cm³/mol. The zero-order chi connectivity index (χ0) is 14.4. The van der Waals surface area contributed by atoms with Gasteiger partial charge in [0.2, 0.25) is 7.37 Å². The Kier molecular flexibility index (Phi) is 4.72. The first kappa shape index (κ1) is 14.5. The molecule has 0 aliphatic carbocycles. The second kappa shape index (κ2) is 6.51. The first-order chi connectivity index (χ1) is 9.58. The van der Waals surface area contributed by atoms with Crippen LogP contribution in [0.2, 0.25) is 0 Å². The number of carbonyl (C=O) groups is 1. The molecule has 5 heteroatoms. The molecular weight excluding hydrogens is 275 g/mol. The summed E-state index contributed by atoms with van der Waals surface area (Å²) in [6.07, 6.45) is -0.222. The van der Waals surface area contributed by atoms with Gasteiger partial charge < -0.3 is 9.63 Å². The molecule has 1 atom stereocenters. The Labute approximate surface area is 117 Å². The highest BCUT2D eigenvalue weighted by atomic mass is 31.2. The standard InChI is InChI=1S/C15H15O4P/c16-15(19-13-7-3-1-4-8-13)11-12-20(17,18)14-9-5-2-6-10-14/h1-10H,11-12H2,(H,17,18). The number of hydrogen-bond donors (Lipinski definition) is 1. The Morgan fingerprint density at radius 3 is 2.15 bits per heavy atom. The van der Waals surface area contributed by atoms with Crippen LogP contribution in [-0.4, -0.2) is 17.0 Å². The molecule has 2 rings (SSSR count). The van der Waals surface area contributed by atoms with Crippen LogP contribution in [-0.2, 0) is 9.36 Å². The van der Waals surface area contributed by atoms with Crippen molar-refractivity contribution in [2.24, 2.45) is 0 Å². The van der Waals surface area contributed by atoms with Gasteiger partial charge in [-0.3, -0.25) is 9.36 Å². The first-order valence-corrected chi connectivity index (χ1v) is 8.05. The molecule has 0 saturated carbocycles.